The third kappa shape index (κ3) is 2.34. The maximum atomic E-state index is 12.8. The summed E-state index contributed by atoms with van der Waals surface area (Å²) < 4.78 is 25.6. The highest BCUT2D eigenvalue weighted by Gasteiger charge is 2.69. The molecule has 0 aromatic heterocycles. The monoisotopic (exact) mass is 337 g/mol. The van der Waals surface area contributed by atoms with Crippen molar-refractivity contribution in [3.63, 3.8) is 0 Å². The molecule has 4 nitrogen and oxygen atoms in total. The number of sulfone groups is 1. The van der Waals surface area contributed by atoms with Gasteiger partial charge in [0.1, 0.15) is 0 Å². The van der Waals surface area contributed by atoms with Crippen molar-refractivity contribution in [1.29, 1.82) is 0 Å². The van der Waals surface area contributed by atoms with Crippen LogP contribution in [0.5, 0.6) is 0 Å². The van der Waals surface area contributed by atoms with Gasteiger partial charge < -0.3 is 10.8 Å². The molecule has 0 heterocycles. The molecule has 0 spiro atoms. The number of rotatable bonds is 4. The Hall–Kier alpha value is -1.40. The molecule has 6 heteroatoms. The minimum Gasteiger partial charge on any atom is -0.394 e. The Balaban J connectivity index is 2.04. The second kappa shape index (κ2) is 5.35. The summed E-state index contributed by atoms with van der Waals surface area (Å²) in [6.07, 6.45) is 0. The number of nitrogens with two attached hydrogens (primary N) is 1. The van der Waals surface area contributed by atoms with E-state index in [2.05, 4.69) is 0 Å². The molecule has 0 amide bonds. The van der Waals surface area contributed by atoms with Crippen LogP contribution >= 0.6 is 11.6 Å². The first-order valence-electron chi connectivity index (χ1n) is 6.85. The van der Waals surface area contributed by atoms with Crippen molar-refractivity contribution in [2.45, 2.75) is 21.6 Å². The Kier molecular flexibility index (Phi) is 3.77. The average molecular weight is 338 g/mol. The molecule has 0 bridgehead atoms. The number of hydrogen-bond acceptors (Lipinski definition) is 4. The fraction of sp³-hybridized carbons (Fsp3) is 0.250. The van der Waals surface area contributed by atoms with E-state index < -0.39 is 33.2 Å². The van der Waals surface area contributed by atoms with Gasteiger partial charge in [0.25, 0.3) is 0 Å². The van der Waals surface area contributed by atoms with E-state index in [0.29, 0.717) is 5.02 Å². The lowest BCUT2D eigenvalue weighted by molar-refractivity contribution is 0.253. The molecule has 0 radical (unpaired) electrons. The predicted molar refractivity (Wildman–Crippen MR) is 85.6 cm³/mol. The molecule has 0 aliphatic heterocycles. The molecule has 0 saturated heterocycles. The van der Waals surface area contributed by atoms with Crippen LogP contribution in [0, 0.1) is 0 Å². The number of aliphatic hydroxyl groups is 1. The summed E-state index contributed by atoms with van der Waals surface area (Å²) in [6, 6.07) is 15.1. The van der Waals surface area contributed by atoms with Gasteiger partial charge in [-0.1, -0.05) is 41.9 Å². The quantitative estimate of drug-likeness (QED) is 0.893. The summed E-state index contributed by atoms with van der Waals surface area (Å²) >= 11 is 5.98. The van der Waals surface area contributed by atoms with E-state index in [1.807, 2.05) is 0 Å². The number of hydrogen-bond donors (Lipinski definition) is 2. The summed E-state index contributed by atoms with van der Waals surface area (Å²) in [5, 5.41) is 9.28. The third-order valence-corrected chi connectivity index (χ3v) is 6.73. The largest absolute Gasteiger partial charge is 0.394 e. The molecule has 3 N–H and O–H groups in total. The van der Waals surface area contributed by atoms with E-state index in [4.69, 9.17) is 17.3 Å². The van der Waals surface area contributed by atoms with Crippen molar-refractivity contribution in [3.05, 3.63) is 65.2 Å². The number of halogens is 1. The zero-order chi connectivity index (χ0) is 16.0. The Morgan fingerprint density at radius 2 is 1.82 bits per heavy atom. The standard InChI is InChI=1S/C16H16ClNO3S/c17-12-6-4-5-11(9-12)14-15(16(14,18)10-19)22(20,21)13-7-2-1-3-8-13/h1-9,14-15,19H,10,18H2/t14-,15-,16-/m0/s1. The van der Waals surface area contributed by atoms with Gasteiger partial charge >= 0.3 is 0 Å². The van der Waals surface area contributed by atoms with Crippen molar-refractivity contribution < 1.29 is 13.5 Å². The van der Waals surface area contributed by atoms with Crippen LogP contribution in [0.1, 0.15) is 11.5 Å². The van der Waals surface area contributed by atoms with Crippen LogP contribution in [0.2, 0.25) is 5.02 Å². The zero-order valence-corrected chi connectivity index (χ0v) is 13.3. The first kappa shape index (κ1) is 15.5. The van der Waals surface area contributed by atoms with Gasteiger partial charge in [-0.25, -0.2) is 8.42 Å². The van der Waals surface area contributed by atoms with E-state index in [9.17, 15) is 13.5 Å². The van der Waals surface area contributed by atoms with E-state index in [1.54, 1.807) is 54.6 Å². The van der Waals surface area contributed by atoms with Crippen LogP contribution < -0.4 is 5.73 Å². The lowest BCUT2D eigenvalue weighted by Crippen LogP contribution is -2.35. The highest BCUT2D eigenvalue weighted by molar-refractivity contribution is 7.92. The van der Waals surface area contributed by atoms with Crippen LogP contribution in [-0.2, 0) is 9.84 Å². The molecule has 116 valence electrons. The Morgan fingerprint density at radius 3 is 2.41 bits per heavy atom. The predicted octanol–water partition coefficient (Wildman–Crippen LogP) is 1.97. The van der Waals surface area contributed by atoms with E-state index in [0.717, 1.165) is 5.56 Å². The van der Waals surface area contributed by atoms with Gasteiger partial charge in [-0.3, -0.25) is 0 Å². The van der Waals surface area contributed by atoms with Crippen molar-refractivity contribution in [2.75, 3.05) is 6.61 Å². The average Bonchev–Trinajstić information content (AvgIpc) is 3.16. The normalized spacial score (nSPS) is 27.6. The first-order valence-corrected chi connectivity index (χ1v) is 8.78. The van der Waals surface area contributed by atoms with Gasteiger partial charge in [0.15, 0.2) is 9.84 Å². The fourth-order valence-electron chi connectivity index (χ4n) is 3.02. The summed E-state index contributed by atoms with van der Waals surface area (Å²) in [7, 11) is -3.62. The van der Waals surface area contributed by atoms with Gasteiger partial charge in [-0.15, -0.1) is 0 Å². The minimum atomic E-state index is -3.62. The van der Waals surface area contributed by atoms with Crippen molar-refractivity contribution in [2.24, 2.45) is 5.73 Å². The van der Waals surface area contributed by atoms with Crippen molar-refractivity contribution in [1.82, 2.24) is 0 Å². The molecule has 2 aromatic carbocycles. The van der Waals surface area contributed by atoms with Gasteiger partial charge in [-0.05, 0) is 29.8 Å². The van der Waals surface area contributed by atoms with E-state index >= 15 is 0 Å². The topological polar surface area (TPSA) is 80.4 Å². The van der Waals surface area contributed by atoms with Crippen molar-refractivity contribution >= 4 is 21.4 Å². The van der Waals surface area contributed by atoms with Crippen molar-refractivity contribution in [3.8, 4) is 0 Å². The lowest BCUT2D eigenvalue weighted by atomic mass is 10.1. The van der Waals surface area contributed by atoms with E-state index in [-0.39, 0.29) is 4.90 Å². The Morgan fingerprint density at radius 1 is 1.14 bits per heavy atom. The molecular formula is C16H16ClNO3S. The molecule has 3 atom stereocenters. The van der Waals surface area contributed by atoms with Gasteiger partial charge in [0.2, 0.25) is 0 Å². The lowest BCUT2D eigenvalue weighted by Gasteiger charge is -2.08. The van der Waals surface area contributed by atoms with Gasteiger partial charge in [-0.2, -0.15) is 0 Å². The Labute approximate surface area is 134 Å². The smallest absolute Gasteiger partial charge is 0.183 e. The summed E-state index contributed by atoms with van der Waals surface area (Å²) in [5.74, 6) is -0.471. The number of aliphatic hydroxyl groups excluding tert-OH is 1. The molecule has 2 aromatic rings. The van der Waals surface area contributed by atoms with Crippen LogP contribution in [0.3, 0.4) is 0 Å². The second-order valence-corrected chi connectivity index (χ2v) is 8.09. The molecule has 0 unspecified atom stereocenters. The molecule has 3 rings (SSSR count). The van der Waals surface area contributed by atoms with Gasteiger partial charge in [0, 0.05) is 10.9 Å². The summed E-state index contributed by atoms with van der Waals surface area (Å²) in [6.45, 7) is -0.402. The highest BCUT2D eigenvalue weighted by atomic mass is 35.5. The zero-order valence-electron chi connectivity index (χ0n) is 11.7. The molecule has 1 aliphatic rings. The number of benzene rings is 2. The maximum Gasteiger partial charge on any atom is 0.183 e. The second-order valence-electron chi connectivity index (χ2n) is 5.58. The van der Waals surface area contributed by atoms with Gasteiger partial charge in [0.05, 0.1) is 22.3 Å². The SMILES string of the molecule is N[C@@]1(CO)[C@@H](c2cccc(Cl)c2)[C@@H]1S(=O)(=O)c1ccccc1. The molecule has 1 saturated carbocycles. The molecule has 22 heavy (non-hydrogen) atoms. The van der Waals surface area contributed by atoms with Crippen LogP contribution in [0.25, 0.3) is 0 Å². The molecular weight excluding hydrogens is 322 g/mol. The molecule has 1 aliphatic carbocycles. The fourth-order valence-corrected chi connectivity index (χ4v) is 5.54. The highest BCUT2D eigenvalue weighted by Crippen LogP contribution is 2.55. The maximum absolute atomic E-state index is 12.8. The summed E-state index contributed by atoms with van der Waals surface area (Å²) in [5.41, 5.74) is 5.72. The van der Waals surface area contributed by atoms with Crippen LogP contribution in [0.15, 0.2) is 59.5 Å². The summed E-state index contributed by atoms with van der Waals surface area (Å²) in [4.78, 5) is 0.216. The Bertz CT molecular complexity index is 794. The van der Waals surface area contributed by atoms with E-state index in [1.165, 1.54) is 0 Å². The van der Waals surface area contributed by atoms with Crippen LogP contribution in [0.4, 0.5) is 0 Å². The first-order chi connectivity index (χ1) is 10.4. The van der Waals surface area contributed by atoms with Crippen LogP contribution in [-0.4, -0.2) is 30.9 Å². The third-order valence-electron chi connectivity index (χ3n) is 4.19. The minimum absolute atomic E-state index is 0.216. The molecule has 1 fully saturated rings.